The summed E-state index contributed by atoms with van der Waals surface area (Å²) < 4.78 is 18.8. The number of hydrogen-bond acceptors (Lipinski definition) is 7. The number of carbonyl (C=O) groups excluding carboxylic acids is 1. The Labute approximate surface area is 182 Å². The Morgan fingerprint density at radius 2 is 1.90 bits per heavy atom. The van der Waals surface area contributed by atoms with Gasteiger partial charge in [-0.1, -0.05) is 23.5 Å². The van der Waals surface area contributed by atoms with E-state index >= 15 is 0 Å². The monoisotopic (exact) mass is 431 g/mol. The maximum absolute atomic E-state index is 12.2. The molecule has 1 aromatic heterocycles. The molecule has 9 heteroatoms. The van der Waals surface area contributed by atoms with Gasteiger partial charge in [0.1, 0.15) is 5.60 Å². The molecule has 30 heavy (non-hydrogen) atoms. The van der Waals surface area contributed by atoms with Gasteiger partial charge in [-0.15, -0.1) is 0 Å². The zero-order valence-corrected chi connectivity index (χ0v) is 19.5. The van der Waals surface area contributed by atoms with Crippen molar-refractivity contribution in [3.8, 4) is 0 Å². The van der Waals surface area contributed by atoms with Gasteiger partial charge in [-0.3, -0.25) is 0 Å². The third kappa shape index (κ3) is 5.14. The smallest absolute Gasteiger partial charge is 0.444 e. The number of aromatic nitrogens is 1. The molecule has 1 aromatic carbocycles. The topological polar surface area (TPSA) is 95.7 Å². The molecule has 2 aromatic rings. The van der Waals surface area contributed by atoms with Crippen LogP contribution in [-0.2, 0) is 14.0 Å². The van der Waals surface area contributed by atoms with Crippen molar-refractivity contribution in [2.75, 3.05) is 12.3 Å². The molecule has 1 saturated heterocycles. The maximum Gasteiger partial charge on any atom is 0.492 e. The van der Waals surface area contributed by atoms with Gasteiger partial charge in [-0.05, 0) is 71.6 Å². The zero-order valence-electron chi connectivity index (χ0n) is 18.7. The summed E-state index contributed by atoms with van der Waals surface area (Å²) in [6.07, 6.45) is 1.48. The Balaban J connectivity index is 1.88. The molecule has 0 aliphatic carbocycles. The van der Waals surface area contributed by atoms with E-state index in [1.807, 2.05) is 72.7 Å². The summed E-state index contributed by atoms with van der Waals surface area (Å²) in [6.45, 7) is 13.7. The Kier molecular flexibility index (Phi) is 5.92. The van der Waals surface area contributed by atoms with Crippen molar-refractivity contribution in [2.24, 2.45) is 0 Å². The normalized spacial score (nSPS) is 18.6. The number of nitrogen functional groups attached to an aromatic ring is 1. The Morgan fingerprint density at radius 1 is 1.27 bits per heavy atom. The second-order valence-electron chi connectivity index (χ2n) is 9.44. The van der Waals surface area contributed by atoms with Gasteiger partial charge < -0.3 is 25.1 Å². The minimum absolute atomic E-state index is 0.231. The SMILES string of the molecule is CC(C)(C)OC(=O)NCC(=Cc1ccc2nc(N)sc2c1)B1OC(C)(C)C(C)(C)O1. The van der Waals surface area contributed by atoms with Crippen molar-refractivity contribution in [2.45, 2.75) is 65.3 Å². The maximum atomic E-state index is 12.2. The molecule has 7 nitrogen and oxygen atoms in total. The molecule has 1 amide bonds. The van der Waals surface area contributed by atoms with Gasteiger partial charge in [0.05, 0.1) is 21.4 Å². The van der Waals surface area contributed by atoms with Crippen molar-refractivity contribution >= 4 is 46.0 Å². The fourth-order valence-corrected chi connectivity index (χ4v) is 3.73. The van der Waals surface area contributed by atoms with Crippen LogP contribution in [-0.4, -0.2) is 41.5 Å². The summed E-state index contributed by atoms with van der Waals surface area (Å²) in [4.78, 5) is 16.5. The molecule has 0 saturated carbocycles. The quantitative estimate of drug-likeness (QED) is 0.696. The van der Waals surface area contributed by atoms with E-state index in [0.29, 0.717) is 5.13 Å². The Bertz CT molecular complexity index is 962. The number of amides is 1. The van der Waals surface area contributed by atoms with E-state index in [0.717, 1.165) is 21.3 Å². The number of nitrogens with two attached hydrogens (primary N) is 1. The van der Waals surface area contributed by atoms with Crippen molar-refractivity contribution in [1.29, 1.82) is 0 Å². The second-order valence-corrected chi connectivity index (χ2v) is 10.5. The Hall–Kier alpha value is -2.10. The second kappa shape index (κ2) is 7.87. The van der Waals surface area contributed by atoms with Crippen LogP contribution in [0.5, 0.6) is 0 Å². The third-order valence-corrected chi connectivity index (χ3v) is 6.02. The van der Waals surface area contributed by atoms with Crippen molar-refractivity contribution in [1.82, 2.24) is 10.3 Å². The number of nitrogens with zero attached hydrogens (tertiary/aromatic N) is 1. The van der Waals surface area contributed by atoms with Crippen LogP contribution >= 0.6 is 11.3 Å². The number of nitrogens with one attached hydrogen (secondary N) is 1. The molecule has 0 unspecified atom stereocenters. The number of anilines is 1. The van der Waals surface area contributed by atoms with E-state index in [1.54, 1.807) is 0 Å². The van der Waals surface area contributed by atoms with E-state index in [-0.39, 0.29) is 6.54 Å². The largest absolute Gasteiger partial charge is 0.492 e. The first-order valence-corrected chi connectivity index (χ1v) is 10.8. The molecule has 162 valence electrons. The summed E-state index contributed by atoms with van der Waals surface area (Å²) in [5.74, 6) is 0. The number of alkyl carbamates (subject to hydrolysis) is 1. The third-order valence-electron chi connectivity index (χ3n) is 5.17. The van der Waals surface area contributed by atoms with Crippen molar-refractivity contribution in [3.05, 3.63) is 29.2 Å². The number of carbonyl (C=O) groups is 1. The van der Waals surface area contributed by atoms with Gasteiger partial charge in [-0.2, -0.15) is 0 Å². The molecule has 3 rings (SSSR count). The highest BCUT2D eigenvalue weighted by Crippen LogP contribution is 2.39. The fourth-order valence-electron chi connectivity index (χ4n) is 2.95. The molecule has 3 N–H and O–H groups in total. The molecular formula is C21H30BN3O4S. The number of benzene rings is 1. The summed E-state index contributed by atoms with van der Waals surface area (Å²) >= 11 is 1.43. The van der Waals surface area contributed by atoms with Gasteiger partial charge in [0.15, 0.2) is 5.13 Å². The lowest BCUT2D eigenvalue weighted by atomic mass is 9.77. The summed E-state index contributed by atoms with van der Waals surface area (Å²) in [7, 11) is -0.591. The van der Waals surface area contributed by atoms with Crippen LogP contribution in [0.25, 0.3) is 16.3 Å². The van der Waals surface area contributed by atoms with E-state index in [1.165, 1.54) is 11.3 Å². The molecular weight excluding hydrogens is 401 g/mol. The number of fused-ring (bicyclic) bond motifs is 1. The van der Waals surface area contributed by atoms with Crippen LogP contribution in [0.4, 0.5) is 9.93 Å². The Morgan fingerprint density at radius 3 is 2.50 bits per heavy atom. The van der Waals surface area contributed by atoms with Crippen LogP contribution in [0.3, 0.4) is 0 Å². The standard InChI is InChI=1S/C21H30BN3O4S/c1-19(2,3)27-18(26)24-12-14(22-28-20(4,5)21(6,7)29-22)10-13-8-9-15-16(11-13)30-17(23)25-15/h8-11H,12H2,1-7H3,(H2,23,25)(H,24,26). The predicted molar refractivity (Wildman–Crippen MR) is 122 cm³/mol. The predicted octanol–water partition coefficient (Wildman–Crippen LogP) is 4.42. The molecule has 0 bridgehead atoms. The van der Waals surface area contributed by atoms with E-state index in [9.17, 15) is 4.79 Å². The van der Waals surface area contributed by atoms with Crippen LogP contribution in [0, 0.1) is 0 Å². The van der Waals surface area contributed by atoms with E-state index in [4.69, 9.17) is 19.8 Å². The first-order chi connectivity index (χ1) is 13.8. The zero-order chi connectivity index (χ0) is 22.3. The first kappa shape index (κ1) is 22.6. The molecule has 1 fully saturated rings. The van der Waals surface area contributed by atoms with Gasteiger partial charge in [0, 0.05) is 6.54 Å². The van der Waals surface area contributed by atoms with Gasteiger partial charge >= 0.3 is 13.2 Å². The van der Waals surface area contributed by atoms with Crippen LogP contribution < -0.4 is 11.1 Å². The van der Waals surface area contributed by atoms with Gasteiger partial charge in [0.2, 0.25) is 0 Å². The van der Waals surface area contributed by atoms with E-state index < -0.39 is 30.0 Å². The first-order valence-electron chi connectivity index (χ1n) is 9.95. The summed E-state index contributed by atoms with van der Waals surface area (Å²) in [6, 6.07) is 5.90. The highest BCUT2D eigenvalue weighted by atomic mass is 32.1. The average Bonchev–Trinajstić information content (AvgIpc) is 3.04. The van der Waals surface area contributed by atoms with Crippen LogP contribution in [0.1, 0.15) is 54.0 Å². The highest BCUT2D eigenvalue weighted by Gasteiger charge is 2.52. The van der Waals surface area contributed by atoms with Crippen LogP contribution in [0.15, 0.2) is 23.7 Å². The van der Waals surface area contributed by atoms with Crippen LogP contribution in [0.2, 0.25) is 0 Å². The van der Waals surface area contributed by atoms with Crippen molar-refractivity contribution < 1.29 is 18.8 Å². The number of rotatable bonds is 4. The lowest BCUT2D eigenvalue weighted by molar-refractivity contribution is 0.00578. The molecule has 2 heterocycles. The minimum atomic E-state index is -0.591. The lowest BCUT2D eigenvalue weighted by Crippen LogP contribution is -2.41. The summed E-state index contributed by atoms with van der Waals surface area (Å²) in [5.41, 5.74) is 6.87. The van der Waals surface area contributed by atoms with E-state index in [2.05, 4.69) is 10.3 Å². The molecule has 0 spiro atoms. The minimum Gasteiger partial charge on any atom is -0.444 e. The number of hydrogen-bond donors (Lipinski definition) is 2. The molecule has 1 aliphatic rings. The van der Waals surface area contributed by atoms with Crippen molar-refractivity contribution in [3.63, 3.8) is 0 Å². The number of ether oxygens (including phenoxy) is 1. The fraction of sp³-hybridized carbons (Fsp3) is 0.524. The average molecular weight is 431 g/mol. The van der Waals surface area contributed by atoms with Gasteiger partial charge in [-0.25, -0.2) is 9.78 Å². The summed E-state index contributed by atoms with van der Waals surface area (Å²) in [5, 5.41) is 3.34. The molecule has 0 radical (unpaired) electrons. The highest BCUT2D eigenvalue weighted by molar-refractivity contribution is 7.22. The number of thiazole rings is 1. The lowest BCUT2D eigenvalue weighted by Gasteiger charge is -2.32. The molecule has 1 aliphatic heterocycles. The molecule has 0 atom stereocenters. The van der Waals surface area contributed by atoms with Gasteiger partial charge in [0.25, 0.3) is 0 Å².